The van der Waals surface area contributed by atoms with Crippen LogP contribution in [0.25, 0.3) is 5.69 Å². The molecule has 1 aromatic heterocycles. The van der Waals surface area contributed by atoms with Crippen molar-refractivity contribution in [1.29, 1.82) is 0 Å². The summed E-state index contributed by atoms with van der Waals surface area (Å²) in [7, 11) is -3.18. The van der Waals surface area contributed by atoms with E-state index < -0.39 is 33.5 Å². The van der Waals surface area contributed by atoms with Crippen LogP contribution in [0.15, 0.2) is 30.5 Å². The molecule has 150 valence electrons. The molecule has 2 fully saturated rings. The average Bonchev–Trinajstić information content (AvgIpc) is 3.21. The van der Waals surface area contributed by atoms with Crippen molar-refractivity contribution < 1.29 is 26.4 Å². The second kappa shape index (κ2) is 6.57. The first-order valence-corrected chi connectivity index (χ1v) is 10.6. The number of carbonyl (C=O) groups is 1. The average molecular weight is 414 g/mol. The lowest BCUT2D eigenvalue weighted by atomic mass is 10.1. The minimum Gasteiger partial charge on any atom is -0.330 e. The molecule has 28 heavy (non-hydrogen) atoms. The van der Waals surface area contributed by atoms with Crippen molar-refractivity contribution in [2.24, 2.45) is 0 Å². The van der Waals surface area contributed by atoms with E-state index in [4.69, 9.17) is 0 Å². The Bertz CT molecular complexity index is 1010. The molecular formula is C17H17F3N4O3S. The smallest absolute Gasteiger partial charge is 0.330 e. The number of aromatic nitrogens is 3. The van der Waals surface area contributed by atoms with Crippen LogP contribution in [0.1, 0.15) is 35.3 Å². The molecular weight excluding hydrogens is 397 g/mol. The van der Waals surface area contributed by atoms with Gasteiger partial charge in [-0.1, -0.05) is 17.3 Å². The van der Waals surface area contributed by atoms with Crippen molar-refractivity contribution >= 4 is 15.7 Å². The third-order valence-corrected chi connectivity index (χ3v) is 6.70. The minimum absolute atomic E-state index is 0.0276. The Balaban J connectivity index is 1.63. The van der Waals surface area contributed by atoms with E-state index in [0.717, 1.165) is 29.8 Å². The van der Waals surface area contributed by atoms with Gasteiger partial charge in [0.2, 0.25) is 0 Å². The van der Waals surface area contributed by atoms with Crippen LogP contribution >= 0.6 is 0 Å². The standard InChI is InChI=1S/C17H17F3N4O3S/c18-17(19,20)13-3-1-2-4-15(13)23-9-14(21-22-23)16(25)24(11-5-6-11)12-7-8-28(26,27)10-12/h1-4,9,11-12H,5-8,10H2. The summed E-state index contributed by atoms with van der Waals surface area (Å²) < 4.78 is 64.2. The Labute approximate surface area is 159 Å². The quantitative estimate of drug-likeness (QED) is 0.765. The predicted octanol–water partition coefficient (Wildman–Crippen LogP) is 2.08. The van der Waals surface area contributed by atoms with Gasteiger partial charge in [-0.2, -0.15) is 13.2 Å². The molecule has 0 radical (unpaired) electrons. The van der Waals surface area contributed by atoms with Crippen LogP contribution in [0.2, 0.25) is 0 Å². The molecule has 1 aromatic carbocycles. The maximum atomic E-state index is 13.2. The summed E-state index contributed by atoms with van der Waals surface area (Å²) in [6, 6.07) is 4.39. The zero-order valence-corrected chi connectivity index (χ0v) is 15.4. The highest BCUT2D eigenvalue weighted by atomic mass is 32.2. The van der Waals surface area contributed by atoms with Gasteiger partial charge in [0.15, 0.2) is 15.5 Å². The number of nitrogens with zero attached hydrogens (tertiary/aromatic N) is 4. The van der Waals surface area contributed by atoms with Gasteiger partial charge >= 0.3 is 6.18 Å². The van der Waals surface area contributed by atoms with Crippen molar-refractivity contribution in [3.63, 3.8) is 0 Å². The minimum atomic E-state index is -4.58. The highest BCUT2D eigenvalue weighted by Crippen LogP contribution is 2.35. The lowest BCUT2D eigenvalue weighted by Gasteiger charge is -2.27. The highest BCUT2D eigenvalue weighted by Gasteiger charge is 2.43. The van der Waals surface area contributed by atoms with Crippen LogP contribution in [-0.4, -0.2) is 57.8 Å². The maximum Gasteiger partial charge on any atom is 0.418 e. The van der Waals surface area contributed by atoms with E-state index in [-0.39, 0.29) is 28.9 Å². The normalized spacial score (nSPS) is 21.6. The molecule has 0 bridgehead atoms. The summed E-state index contributed by atoms with van der Waals surface area (Å²) in [6.45, 7) is 0. The second-order valence-electron chi connectivity index (χ2n) is 7.06. The molecule has 4 rings (SSSR count). The highest BCUT2D eigenvalue weighted by molar-refractivity contribution is 7.91. The molecule has 11 heteroatoms. The zero-order chi connectivity index (χ0) is 20.1. The Morgan fingerprint density at radius 3 is 2.46 bits per heavy atom. The van der Waals surface area contributed by atoms with Gasteiger partial charge < -0.3 is 4.90 Å². The van der Waals surface area contributed by atoms with Gasteiger partial charge in [0.05, 0.1) is 29.0 Å². The van der Waals surface area contributed by atoms with Crippen molar-refractivity contribution in [2.75, 3.05) is 11.5 Å². The fourth-order valence-corrected chi connectivity index (χ4v) is 5.21. The van der Waals surface area contributed by atoms with Gasteiger partial charge in [-0.05, 0) is 31.4 Å². The fraction of sp³-hybridized carbons (Fsp3) is 0.471. The lowest BCUT2D eigenvalue weighted by Crippen LogP contribution is -2.43. The molecule has 2 heterocycles. The first-order chi connectivity index (χ1) is 13.2. The Hall–Kier alpha value is -2.43. The number of para-hydroxylation sites is 1. The molecule has 1 aliphatic carbocycles. The van der Waals surface area contributed by atoms with Crippen LogP contribution in [0, 0.1) is 0 Å². The number of amides is 1. The SMILES string of the molecule is O=C(c1cn(-c2ccccc2C(F)(F)F)nn1)N(C1CC1)C1CCS(=O)(=O)C1. The summed E-state index contributed by atoms with van der Waals surface area (Å²) in [6.07, 6.45) is -1.52. The van der Waals surface area contributed by atoms with E-state index in [1.54, 1.807) is 0 Å². The number of hydrogen-bond acceptors (Lipinski definition) is 5. The van der Waals surface area contributed by atoms with E-state index in [1.807, 2.05) is 0 Å². The van der Waals surface area contributed by atoms with E-state index in [9.17, 15) is 26.4 Å². The summed E-state index contributed by atoms with van der Waals surface area (Å²) in [5.74, 6) is -0.569. The Morgan fingerprint density at radius 2 is 1.86 bits per heavy atom. The molecule has 2 aliphatic rings. The van der Waals surface area contributed by atoms with E-state index in [0.29, 0.717) is 6.42 Å². The molecule has 1 saturated heterocycles. The maximum absolute atomic E-state index is 13.2. The van der Waals surface area contributed by atoms with E-state index in [2.05, 4.69) is 10.3 Å². The number of hydrogen-bond donors (Lipinski definition) is 0. The largest absolute Gasteiger partial charge is 0.418 e. The summed E-state index contributed by atoms with van der Waals surface area (Å²) in [4.78, 5) is 14.5. The first-order valence-electron chi connectivity index (χ1n) is 8.78. The van der Waals surface area contributed by atoms with Crippen LogP contribution in [0.4, 0.5) is 13.2 Å². The number of halogens is 3. The van der Waals surface area contributed by atoms with Gasteiger partial charge in [-0.3, -0.25) is 4.79 Å². The third kappa shape index (κ3) is 3.62. The Morgan fingerprint density at radius 1 is 1.14 bits per heavy atom. The van der Waals surface area contributed by atoms with E-state index >= 15 is 0 Å². The van der Waals surface area contributed by atoms with Crippen LogP contribution in [-0.2, 0) is 16.0 Å². The van der Waals surface area contributed by atoms with Gasteiger partial charge in [0.25, 0.3) is 5.91 Å². The topological polar surface area (TPSA) is 85.2 Å². The predicted molar refractivity (Wildman–Crippen MR) is 92.6 cm³/mol. The van der Waals surface area contributed by atoms with Crippen LogP contribution in [0.5, 0.6) is 0 Å². The summed E-state index contributed by atoms with van der Waals surface area (Å²) >= 11 is 0. The van der Waals surface area contributed by atoms with Crippen molar-refractivity contribution in [2.45, 2.75) is 37.5 Å². The number of sulfone groups is 1. The molecule has 2 aromatic rings. The molecule has 1 aliphatic heterocycles. The fourth-order valence-electron chi connectivity index (χ4n) is 3.50. The van der Waals surface area contributed by atoms with Crippen LogP contribution in [0.3, 0.4) is 0 Å². The Kier molecular flexibility index (Phi) is 4.44. The first kappa shape index (κ1) is 18.9. The van der Waals surface area contributed by atoms with Gasteiger partial charge in [-0.25, -0.2) is 13.1 Å². The van der Waals surface area contributed by atoms with Gasteiger partial charge in [0.1, 0.15) is 0 Å². The van der Waals surface area contributed by atoms with E-state index in [1.165, 1.54) is 23.1 Å². The molecule has 1 atom stereocenters. The number of benzene rings is 1. The molecule has 1 unspecified atom stereocenters. The molecule has 7 nitrogen and oxygen atoms in total. The van der Waals surface area contributed by atoms with Crippen molar-refractivity contribution in [1.82, 2.24) is 19.9 Å². The second-order valence-corrected chi connectivity index (χ2v) is 9.29. The van der Waals surface area contributed by atoms with Gasteiger partial charge in [-0.15, -0.1) is 5.10 Å². The molecule has 0 N–H and O–H groups in total. The zero-order valence-electron chi connectivity index (χ0n) is 14.6. The number of carbonyl (C=O) groups excluding carboxylic acids is 1. The molecule has 0 spiro atoms. The summed E-state index contributed by atoms with van der Waals surface area (Å²) in [5.41, 5.74) is -1.23. The summed E-state index contributed by atoms with van der Waals surface area (Å²) in [5, 5.41) is 7.46. The monoisotopic (exact) mass is 414 g/mol. The lowest BCUT2D eigenvalue weighted by molar-refractivity contribution is -0.137. The third-order valence-electron chi connectivity index (χ3n) is 4.95. The van der Waals surface area contributed by atoms with Crippen molar-refractivity contribution in [3.05, 3.63) is 41.7 Å². The van der Waals surface area contributed by atoms with Crippen LogP contribution < -0.4 is 0 Å². The molecule has 1 amide bonds. The number of alkyl halides is 3. The van der Waals surface area contributed by atoms with Gasteiger partial charge in [0, 0.05) is 12.1 Å². The number of rotatable bonds is 4. The molecule has 1 saturated carbocycles. The van der Waals surface area contributed by atoms with Crippen molar-refractivity contribution in [3.8, 4) is 5.69 Å².